The zero-order chi connectivity index (χ0) is 12.8. The van der Waals surface area contributed by atoms with Crippen molar-refractivity contribution in [2.24, 2.45) is 0 Å². The highest BCUT2D eigenvalue weighted by molar-refractivity contribution is 6.31. The minimum atomic E-state index is -0.848. The molecule has 0 bridgehead atoms. The third kappa shape index (κ3) is 4.24. The van der Waals surface area contributed by atoms with E-state index in [-0.39, 0.29) is 13.2 Å². The molecule has 0 aromatic heterocycles. The van der Waals surface area contributed by atoms with Crippen molar-refractivity contribution in [2.45, 2.75) is 19.8 Å². The fourth-order valence-corrected chi connectivity index (χ4v) is 1.58. The van der Waals surface area contributed by atoms with Crippen LogP contribution in [-0.4, -0.2) is 25.0 Å². The molecule has 0 saturated carbocycles. The second kappa shape index (κ2) is 6.47. The van der Waals surface area contributed by atoms with Crippen molar-refractivity contribution >= 4 is 17.6 Å². The number of hydrogen-bond acceptors (Lipinski definition) is 3. The predicted molar refractivity (Wildman–Crippen MR) is 64.6 cm³/mol. The summed E-state index contributed by atoms with van der Waals surface area (Å²) in [7, 11) is 1.53. The monoisotopic (exact) mass is 258 g/mol. The average molecular weight is 259 g/mol. The number of aliphatic carboxylic acids is 1. The molecule has 0 saturated heterocycles. The molecule has 5 heteroatoms. The van der Waals surface area contributed by atoms with Gasteiger partial charge in [-0.1, -0.05) is 11.6 Å². The summed E-state index contributed by atoms with van der Waals surface area (Å²) in [6, 6.07) is 3.53. The molecule has 1 aromatic carbocycles. The number of halogens is 1. The Bertz CT molecular complexity index is 404. The Kier molecular flexibility index (Phi) is 5.25. The van der Waals surface area contributed by atoms with Gasteiger partial charge in [-0.25, -0.2) is 0 Å². The summed E-state index contributed by atoms with van der Waals surface area (Å²) < 4.78 is 10.2. The van der Waals surface area contributed by atoms with Crippen molar-refractivity contribution in [3.05, 3.63) is 28.3 Å². The van der Waals surface area contributed by atoms with Gasteiger partial charge >= 0.3 is 5.97 Å². The molecule has 0 fully saturated rings. The molecule has 0 atom stereocenters. The Morgan fingerprint density at radius 3 is 2.76 bits per heavy atom. The maximum atomic E-state index is 10.6. The largest absolute Gasteiger partial charge is 0.481 e. The molecule has 94 valence electrons. The number of carboxylic acids is 1. The predicted octanol–water partition coefficient (Wildman–Crippen LogP) is 2.65. The molecular formula is C12H15ClO4. The van der Waals surface area contributed by atoms with Crippen LogP contribution in [0.25, 0.3) is 0 Å². The van der Waals surface area contributed by atoms with Gasteiger partial charge in [-0.05, 0) is 36.6 Å². The van der Waals surface area contributed by atoms with Gasteiger partial charge in [0.15, 0.2) is 6.79 Å². The Balaban J connectivity index is 2.90. The van der Waals surface area contributed by atoms with Crippen molar-refractivity contribution in [2.75, 3.05) is 13.9 Å². The van der Waals surface area contributed by atoms with Crippen LogP contribution < -0.4 is 4.74 Å². The van der Waals surface area contributed by atoms with Gasteiger partial charge in [-0.3, -0.25) is 4.79 Å². The highest BCUT2D eigenvalue weighted by Gasteiger charge is 2.09. The van der Waals surface area contributed by atoms with E-state index in [1.165, 1.54) is 7.11 Å². The van der Waals surface area contributed by atoms with Gasteiger partial charge < -0.3 is 14.6 Å². The molecule has 0 aliphatic heterocycles. The summed E-state index contributed by atoms with van der Waals surface area (Å²) in [4.78, 5) is 10.6. The molecule has 0 aliphatic rings. The summed E-state index contributed by atoms with van der Waals surface area (Å²) in [5, 5.41) is 9.27. The van der Waals surface area contributed by atoms with E-state index in [1.54, 1.807) is 12.1 Å². The number of aryl methyl sites for hydroxylation is 2. The van der Waals surface area contributed by atoms with E-state index < -0.39 is 5.97 Å². The Morgan fingerprint density at radius 2 is 2.18 bits per heavy atom. The first-order chi connectivity index (χ1) is 8.04. The summed E-state index contributed by atoms with van der Waals surface area (Å²) in [6.07, 6.45) is 0.428. The lowest BCUT2D eigenvalue weighted by atomic mass is 10.1. The van der Waals surface area contributed by atoms with Crippen LogP contribution in [0.5, 0.6) is 5.75 Å². The molecule has 0 unspecified atom stereocenters. The number of hydrogen-bond donors (Lipinski definition) is 1. The molecular weight excluding hydrogens is 244 g/mol. The second-order valence-electron chi connectivity index (χ2n) is 3.65. The molecule has 1 aromatic rings. The van der Waals surface area contributed by atoms with Crippen LogP contribution in [0.3, 0.4) is 0 Å². The summed E-state index contributed by atoms with van der Waals surface area (Å²) in [5.74, 6) is -0.227. The highest BCUT2D eigenvalue weighted by Crippen LogP contribution is 2.27. The first-order valence-electron chi connectivity index (χ1n) is 5.17. The van der Waals surface area contributed by atoms with Crippen LogP contribution in [0.15, 0.2) is 12.1 Å². The second-order valence-corrected chi connectivity index (χ2v) is 4.06. The number of benzene rings is 1. The minimum absolute atomic E-state index is 0.0444. The van der Waals surface area contributed by atoms with Crippen LogP contribution in [-0.2, 0) is 16.0 Å². The van der Waals surface area contributed by atoms with Crippen LogP contribution in [0, 0.1) is 6.92 Å². The normalized spacial score (nSPS) is 10.3. The van der Waals surface area contributed by atoms with E-state index >= 15 is 0 Å². The van der Waals surface area contributed by atoms with Crippen molar-refractivity contribution in [3.8, 4) is 5.75 Å². The van der Waals surface area contributed by atoms with Crippen LogP contribution in [0.1, 0.15) is 17.5 Å². The quantitative estimate of drug-likeness (QED) is 0.797. The number of methoxy groups -OCH3 is 1. The van der Waals surface area contributed by atoms with Crippen LogP contribution in [0.4, 0.5) is 0 Å². The maximum absolute atomic E-state index is 10.6. The maximum Gasteiger partial charge on any atom is 0.303 e. The van der Waals surface area contributed by atoms with Crippen molar-refractivity contribution < 1.29 is 19.4 Å². The molecule has 0 spiro atoms. The van der Waals surface area contributed by atoms with E-state index in [4.69, 9.17) is 26.2 Å². The lowest BCUT2D eigenvalue weighted by Gasteiger charge is -2.12. The van der Waals surface area contributed by atoms with Crippen molar-refractivity contribution in [1.82, 2.24) is 0 Å². The first-order valence-corrected chi connectivity index (χ1v) is 5.55. The van der Waals surface area contributed by atoms with E-state index in [0.717, 1.165) is 11.1 Å². The molecule has 1 rings (SSSR count). The molecule has 4 nitrogen and oxygen atoms in total. The van der Waals surface area contributed by atoms with Gasteiger partial charge in [0.1, 0.15) is 5.75 Å². The molecule has 1 N–H and O–H groups in total. The summed E-state index contributed by atoms with van der Waals surface area (Å²) >= 11 is 6.00. The average Bonchev–Trinajstić information content (AvgIpc) is 2.28. The van der Waals surface area contributed by atoms with E-state index in [9.17, 15) is 4.79 Å². The van der Waals surface area contributed by atoms with Crippen molar-refractivity contribution in [1.29, 1.82) is 0 Å². The third-order valence-electron chi connectivity index (χ3n) is 2.28. The molecule has 17 heavy (non-hydrogen) atoms. The van der Waals surface area contributed by atoms with Gasteiger partial charge in [0.25, 0.3) is 0 Å². The fourth-order valence-electron chi connectivity index (χ4n) is 1.39. The van der Waals surface area contributed by atoms with Gasteiger partial charge in [-0.2, -0.15) is 0 Å². The zero-order valence-electron chi connectivity index (χ0n) is 9.83. The standard InChI is InChI=1S/C12H15ClO4/c1-8-5-11(17-7-16-2)9(6-10(8)13)3-4-12(14)15/h5-6H,3-4,7H2,1-2H3,(H,14,15). The van der Waals surface area contributed by atoms with Crippen molar-refractivity contribution in [3.63, 3.8) is 0 Å². The minimum Gasteiger partial charge on any atom is -0.481 e. The summed E-state index contributed by atoms with van der Waals surface area (Å²) in [6.45, 7) is 1.99. The van der Waals surface area contributed by atoms with Gasteiger partial charge in [0.05, 0.1) is 0 Å². The lowest BCUT2D eigenvalue weighted by Crippen LogP contribution is -2.04. The Morgan fingerprint density at radius 1 is 1.47 bits per heavy atom. The lowest BCUT2D eigenvalue weighted by molar-refractivity contribution is -0.136. The van der Waals surface area contributed by atoms with Gasteiger partial charge in [0.2, 0.25) is 0 Å². The van der Waals surface area contributed by atoms with Gasteiger partial charge in [0, 0.05) is 18.6 Å². The van der Waals surface area contributed by atoms with E-state index in [0.29, 0.717) is 17.2 Å². The summed E-state index contributed by atoms with van der Waals surface area (Å²) in [5.41, 5.74) is 1.66. The third-order valence-corrected chi connectivity index (χ3v) is 2.69. The molecule has 0 heterocycles. The smallest absolute Gasteiger partial charge is 0.303 e. The van der Waals surface area contributed by atoms with Crippen LogP contribution in [0.2, 0.25) is 5.02 Å². The Hall–Kier alpha value is -1.26. The molecule has 0 radical (unpaired) electrons. The van der Waals surface area contributed by atoms with E-state index in [1.807, 2.05) is 6.92 Å². The Labute approximate surface area is 105 Å². The van der Waals surface area contributed by atoms with Gasteiger partial charge in [-0.15, -0.1) is 0 Å². The van der Waals surface area contributed by atoms with Crippen LogP contribution >= 0.6 is 11.6 Å². The number of rotatable bonds is 6. The highest BCUT2D eigenvalue weighted by atomic mass is 35.5. The zero-order valence-corrected chi connectivity index (χ0v) is 10.6. The molecule has 0 aliphatic carbocycles. The number of carbonyl (C=O) groups is 1. The number of ether oxygens (including phenoxy) is 2. The fraction of sp³-hybridized carbons (Fsp3) is 0.417. The molecule has 0 amide bonds. The van der Waals surface area contributed by atoms with E-state index in [2.05, 4.69) is 0 Å². The SMILES string of the molecule is COCOc1cc(C)c(Cl)cc1CCC(=O)O. The first kappa shape index (κ1) is 13.8. The number of carboxylic acid groups (broad SMARTS) is 1. The topological polar surface area (TPSA) is 55.8 Å².